The van der Waals surface area contributed by atoms with Gasteiger partial charge in [0.25, 0.3) is 0 Å². The molecule has 204 valence electrons. The van der Waals surface area contributed by atoms with Crippen LogP contribution in [0.2, 0.25) is 0 Å². The van der Waals surface area contributed by atoms with E-state index in [0.29, 0.717) is 40.4 Å². The Bertz CT molecular complexity index is 1210. The summed E-state index contributed by atoms with van der Waals surface area (Å²) in [5, 5.41) is 33.3. The van der Waals surface area contributed by atoms with Crippen molar-refractivity contribution in [3.05, 3.63) is 64.7 Å². The highest BCUT2D eigenvalue weighted by Crippen LogP contribution is 2.51. The van der Waals surface area contributed by atoms with Crippen molar-refractivity contribution in [2.24, 2.45) is 0 Å². The molecule has 2 aromatic carbocycles. The number of hydrogen-bond acceptors (Lipinski definition) is 8. The third-order valence-corrected chi connectivity index (χ3v) is 7.07. The van der Waals surface area contributed by atoms with Crippen LogP contribution in [0, 0.1) is 0 Å². The SMILES string of the molecule is COc1ccccc1CCN(C(C)=O)[C@@H]1C=C(C(=O)NCCO)[C@@H]2c3cc(CO)cc(OC)c3O[C@@H]2[C@H]1O. The first-order valence-corrected chi connectivity index (χ1v) is 12.5. The Morgan fingerprint density at radius 1 is 1.11 bits per heavy atom. The molecule has 38 heavy (non-hydrogen) atoms. The number of carbonyl (C=O) groups excluding carboxylic acids is 2. The number of nitrogens with one attached hydrogen (secondary N) is 1. The Balaban J connectivity index is 1.74. The second-order valence-electron chi connectivity index (χ2n) is 9.29. The molecule has 4 atom stereocenters. The second kappa shape index (κ2) is 11.8. The Morgan fingerprint density at radius 2 is 1.84 bits per heavy atom. The van der Waals surface area contributed by atoms with Gasteiger partial charge in [-0.1, -0.05) is 18.2 Å². The van der Waals surface area contributed by atoms with Crippen molar-refractivity contribution in [1.82, 2.24) is 10.2 Å². The highest BCUT2D eigenvalue weighted by molar-refractivity contribution is 5.96. The molecule has 2 amide bonds. The Hall–Kier alpha value is -3.60. The molecule has 0 saturated heterocycles. The van der Waals surface area contributed by atoms with Crippen molar-refractivity contribution in [1.29, 1.82) is 0 Å². The number of nitrogens with zero attached hydrogens (tertiary/aromatic N) is 1. The Morgan fingerprint density at radius 3 is 2.50 bits per heavy atom. The topological polar surface area (TPSA) is 138 Å². The van der Waals surface area contributed by atoms with Crippen LogP contribution in [0.3, 0.4) is 0 Å². The third kappa shape index (κ3) is 5.20. The van der Waals surface area contributed by atoms with E-state index in [9.17, 15) is 24.9 Å². The summed E-state index contributed by atoms with van der Waals surface area (Å²) < 4.78 is 17.1. The van der Waals surface area contributed by atoms with E-state index in [1.54, 1.807) is 25.3 Å². The van der Waals surface area contributed by atoms with Crippen LogP contribution in [0.4, 0.5) is 0 Å². The maximum atomic E-state index is 13.3. The summed E-state index contributed by atoms with van der Waals surface area (Å²) in [7, 11) is 3.06. The minimum absolute atomic E-state index is 0.0404. The van der Waals surface area contributed by atoms with E-state index in [1.165, 1.54) is 18.9 Å². The fourth-order valence-electron chi connectivity index (χ4n) is 5.29. The number of hydrogen-bond donors (Lipinski definition) is 4. The highest BCUT2D eigenvalue weighted by atomic mass is 16.5. The van der Waals surface area contributed by atoms with Crippen LogP contribution in [0.1, 0.15) is 29.5 Å². The summed E-state index contributed by atoms with van der Waals surface area (Å²) in [6.45, 7) is 1.23. The standard InChI is InChI=1S/C28H34N2O8/c1-16(33)30(10-8-18-6-4-5-7-22(18)36-2)21-14-20(28(35)29-9-11-31)24-19-12-17(15-32)13-23(37-3)26(19)38-27(24)25(21)34/h4-7,12-14,21,24-25,27,31-32,34H,8-11,15H2,1-3H3,(H,29,35)/t21-,24+,25+,27+/m1/s1. The molecular formula is C28H34N2O8. The zero-order valence-corrected chi connectivity index (χ0v) is 21.7. The average Bonchev–Trinajstić information content (AvgIpc) is 3.32. The number of fused-ring (bicyclic) bond motifs is 3. The Labute approximate surface area is 221 Å². The lowest BCUT2D eigenvalue weighted by atomic mass is 9.77. The van der Waals surface area contributed by atoms with Gasteiger partial charge in [0.1, 0.15) is 18.0 Å². The van der Waals surface area contributed by atoms with Gasteiger partial charge in [-0.15, -0.1) is 0 Å². The summed E-state index contributed by atoms with van der Waals surface area (Å²) in [5.74, 6) is 0.0658. The quantitative estimate of drug-likeness (QED) is 0.359. The van der Waals surface area contributed by atoms with Crippen molar-refractivity contribution in [3.8, 4) is 17.2 Å². The summed E-state index contributed by atoms with van der Waals surface area (Å²) in [5.41, 5.74) is 2.38. The first kappa shape index (κ1) is 27.4. The largest absolute Gasteiger partial charge is 0.496 e. The number of aliphatic hydroxyl groups excluding tert-OH is 3. The molecule has 10 nitrogen and oxygen atoms in total. The number of carbonyl (C=O) groups is 2. The lowest BCUT2D eigenvalue weighted by molar-refractivity contribution is -0.134. The number of rotatable bonds is 10. The number of para-hydroxylation sites is 1. The lowest BCUT2D eigenvalue weighted by Crippen LogP contribution is -2.55. The van der Waals surface area contributed by atoms with Crippen LogP contribution >= 0.6 is 0 Å². The van der Waals surface area contributed by atoms with Gasteiger partial charge in [0.15, 0.2) is 11.5 Å². The van der Waals surface area contributed by atoms with Gasteiger partial charge in [-0.3, -0.25) is 9.59 Å². The fraction of sp³-hybridized carbons (Fsp3) is 0.429. The molecule has 0 radical (unpaired) electrons. The van der Waals surface area contributed by atoms with E-state index < -0.39 is 30.1 Å². The zero-order chi connectivity index (χ0) is 27.4. The van der Waals surface area contributed by atoms with Crippen molar-refractivity contribution >= 4 is 11.8 Å². The maximum absolute atomic E-state index is 13.3. The Kier molecular flexibility index (Phi) is 8.55. The van der Waals surface area contributed by atoms with Gasteiger partial charge in [-0.2, -0.15) is 0 Å². The van der Waals surface area contributed by atoms with Gasteiger partial charge >= 0.3 is 0 Å². The molecule has 10 heteroatoms. The summed E-state index contributed by atoms with van der Waals surface area (Å²) in [6, 6.07) is 10.0. The molecule has 0 unspecified atom stereocenters. The number of benzene rings is 2. The van der Waals surface area contributed by atoms with Gasteiger partial charge in [-0.05, 0) is 41.8 Å². The number of amides is 2. The number of ether oxygens (including phenoxy) is 3. The molecule has 2 aromatic rings. The first-order chi connectivity index (χ1) is 18.3. The molecule has 0 fully saturated rings. The van der Waals surface area contributed by atoms with E-state index in [0.717, 1.165) is 5.56 Å². The van der Waals surface area contributed by atoms with Crippen molar-refractivity contribution in [2.45, 2.75) is 44.1 Å². The van der Waals surface area contributed by atoms with E-state index in [1.807, 2.05) is 24.3 Å². The smallest absolute Gasteiger partial charge is 0.247 e. The van der Waals surface area contributed by atoms with Crippen molar-refractivity contribution in [2.75, 3.05) is 33.9 Å². The minimum Gasteiger partial charge on any atom is -0.496 e. The lowest BCUT2D eigenvalue weighted by Gasteiger charge is -2.40. The van der Waals surface area contributed by atoms with E-state index in [2.05, 4.69) is 5.32 Å². The van der Waals surface area contributed by atoms with Gasteiger partial charge < -0.3 is 39.7 Å². The summed E-state index contributed by atoms with van der Waals surface area (Å²) >= 11 is 0. The van der Waals surface area contributed by atoms with Crippen LogP contribution in [0.5, 0.6) is 17.2 Å². The van der Waals surface area contributed by atoms with Gasteiger partial charge in [0.05, 0.1) is 39.4 Å². The van der Waals surface area contributed by atoms with Crippen molar-refractivity contribution in [3.63, 3.8) is 0 Å². The summed E-state index contributed by atoms with van der Waals surface area (Å²) in [4.78, 5) is 27.7. The molecule has 0 aromatic heterocycles. The minimum atomic E-state index is -1.16. The number of aliphatic hydroxyl groups is 3. The normalized spacial score (nSPS) is 21.5. The predicted octanol–water partition coefficient (Wildman–Crippen LogP) is 0.910. The molecule has 1 heterocycles. The zero-order valence-electron chi connectivity index (χ0n) is 21.7. The molecule has 4 N–H and O–H groups in total. The average molecular weight is 527 g/mol. The van der Waals surface area contributed by atoms with Gasteiger partial charge in [0.2, 0.25) is 11.8 Å². The van der Waals surface area contributed by atoms with E-state index in [-0.39, 0.29) is 32.2 Å². The number of methoxy groups -OCH3 is 2. The van der Waals surface area contributed by atoms with Crippen LogP contribution in [0.25, 0.3) is 0 Å². The molecule has 4 rings (SSSR count). The molecule has 0 saturated carbocycles. The van der Waals surface area contributed by atoms with Gasteiger partial charge in [0, 0.05) is 31.1 Å². The van der Waals surface area contributed by atoms with E-state index >= 15 is 0 Å². The van der Waals surface area contributed by atoms with Gasteiger partial charge in [-0.25, -0.2) is 0 Å². The highest BCUT2D eigenvalue weighted by Gasteiger charge is 2.51. The second-order valence-corrected chi connectivity index (χ2v) is 9.29. The maximum Gasteiger partial charge on any atom is 0.247 e. The van der Waals surface area contributed by atoms with Crippen LogP contribution in [-0.4, -0.2) is 84.2 Å². The monoisotopic (exact) mass is 526 g/mol. The summed E-state index contributed by atoms with van der Waals surface area (Å²) in [6.07, 6.45) is 0.0327. The van der Waals surface area contributed by atoms with Crippen LogP contribution in [-0.2, 0) is 22.6 Å². The third-order valence-electron chi connectivity index (χ3n) is 7.07. The van der Waals surface area contributed by atoms with Crippen LogP contribution in [0.15, 0.2) is 48.0 Å². The van der Waals surface area contributed by atoms with Crippen molar-refractivity contribution < 1.29 is 39.1 Å². The molecular weight excluding hydrogens is 492 g/mol. The first-order valence-electron chi connectivity index (χ1n) is 12.5. The van der Waals surface area contributed by atoms with Crippen LogP contribution < -0.4 is 19.5 Å². The predicted molar refractivity (Wildman–Crippen MR) is 138 cm³/mol. The molecule has 0 spiro atoms. The fourth-order valence-corrected chi connectivity index (χ4v) is 5.29. The molecule has 1 aliphatic carbocycles. The van der Waals surface area contributed by atoms with E-state index in [4.69, 9.17) is 14.2 Å². The molecule has 0 bridgehead atoms. The molecule has 2 aliphatic rings. The molecule has 1 aliphatic heterocycles.